The van der Waals surface area contributed by atoms with E-state index in [0.717, 1.165) is 25.1 Å². The summed E-state index contributed by atoms with van der Waals surface area (Å²) >= 11 is 0. The molecule has 7 heteroatoms. The Kier molecular flexibility index (Phi) is 8.22. The lowest BCUT2D eigenvalue weighted by Gasteiger charge is -2.19. The van der Waals surface area contributed by atoms with E-state index in [1.165, 1.54) is 18.2 Å². The Morgan fingerprint density at radius 3 is 2.57 bits per heavy atom. The number of para-hydroxylation sites is 1. The molecule has 150 valence electrons. The molecule has 1 amide bonds. The molecule has 2 aromatic carbocycles. The van der Waals surface area contributed by atoms with Crippen molar-refractivity contribution in [3.8, 4) is 0 Å². The van der Waals surface area contributed by atoms with Gasteiger partial charge in [0.05, 0.1) is 4.90 Å². The summed E-state index contributed by atoms with van der Waals surface area (Å²) in [5.41, 5.74) is 1.48. The van der Waals surface area contributed by atoms with Crippen LogP contribution in [0, 0.1) is 0 Å². The number of nitrogens with one attached hydrogen (secondary N) is 2. The number of unbranched alkanes of at least 4 members (excludes halogenated alkanes) is 1. The summed E-state index contributed by atoms with van der Waals surface area (Å²) in [6.07, 6.45) is 3.23. The van der Waals surface area contributed by atoms with Gasteiger partial charge in [-0.15, -0.1) is 6.58 Å². The minimum Gasteiger partial charge on any atom is -0.375 e. The fraction of sp³-hybridized carbons (Fsp3) is 0.286. The maximum atomic E-state index is 12.3. The van der Waals surface area contributed by atoms with E-state index in [1.54, 1.807) is 12.1 Å². The molecule has 0 unspecified atom stereocenters. The van der Waals surface area contributed by atoms with Gasteiger partial charge in [-0.05, 0) is 43.2 Å². The number of benzene rings is 2. The van der Waals surface area contributed by atoms with Gasteiger partial charge in [0.2, 0.25) is 10.0 Å². The zero-order chi connectivity index (χ0) is 20.4. The van der Waals surface area contributed by atoms with Crippen LogP contribution in [0.25, 0.3) is 0 Å². The lowest BCUT2D eigenvalue weighted by molar-refractivity contribution is 0.0953. The minimum atomic E-state index is -3.65. The quantitative estimate of drug-likeness (QED) is 0.448. The van der Waals surface area contributed by atoms with E-state index >= 15 is 0 Å². The summed E-state index contributed by atoms with van der Waals surface area (Å²) in [7, 11) is -1.61. The summed E-state index contributed by atoms with van der Waals surface area (Å²) in [5, 5.41) is 2.85. The molecule has 0 atom stereocenters. The SMILES string of the molecule is C=CCNS(=O)(=O)c1cccc(C(=O)NCCCCN(C)c2ccccc2)c1. The zero-order valence-electron chi connectivity index (χ0n) is 16.1. The van der Waals surface area contributed by atoms with Gasteiger partial charge in [0.1, 0.15) is 0 Å². The molecular formula is C21H27N3O3S. The standard InChI is InChI=1S/C21H27N3O3S/c1-3-14-23-28(26,27)20-13-9-10-18(17-20)21(25)22-15-7-8-16-24(2)19-11-5-4-6-12-19/h3-6,9-13,17,23H,1,7-8,14-16H2,2H3,(H,22,25). The molecular weight excluding hydrogens is 374 g/mol. The highest BCUT2D eigenvalue weighted by Gasteiger charge is 2.15. The highest BCUT2D eigenvalue weighted by Crippen LogP contribution is 2.12. The largest absolute Gasteiger partial charge is 0.375 e. The first-order chi connectivity index (χ1) is 13.4. The van der Waals surface area contributed by atoms with Crippen LogP contribution in [-0.4, -0.2) is 41.0 Å². The maximum absolute atomic E-state index is 12.3. The molecule has 0 aromatic heterocycles. The third kappa shape index (κ3) is 6.51. The minimum absolute atomic E-state index is 0.0616. The summed E-state index contributed by atoms with van der Waals surface area (Å²) < 4.78 is 26.7. The first-order valence-electron chi connectivity index (χ1n) is 9.19. The molecule has 0 radical (unpaired) electrons. The molecule has 0 spiro atoms. The van der Waals surface area contributed by atoms with E-state index in [9.17, 15) is 13.2 Å². The Morgan fingerprint density at radius 1 is 1.11 bits per heavy atom. The third-order valence-corrected chi connectivity index (χ3v) is 5.65. The zero-order valence-corrected chi connectivity index (χ0v) is 16.9. The van der Waals surface area contributed by atoms with Gasteiger partial charge in [-0.3, -0.25) is 4.79 Å². The number of nitrogens with zero attached hydrogens (tertiary/aromatic N) is 1. The number of carbonyl (C=O) groups is 1. The normalized spacial score (nSPS) is 11.0. The second-order valence-corrected chi connectivity index (χ2v) is 8.16. The van der Waals surface area contributed by atoms with Crippen LogP contribution < -0.4 is 14.9 Å². The van der Waals surface area contributed by atoms with Crippen LogP contribution in [0.2, 0.25) is 0 Å². The maximum Gasteiger partial charge on any atom is 0.251 e. The lowest BCUT2D eigenvalue weighted by atomic mass is 10.2. The summed E-state index contributed by atoms with van der Waals surface area (Å²) in [5.74, 6) is -0.280. The van der Waals surface area contributed by atoms with Crippen molar-refractivity contribution >= 4 is 21.6 Å². The van der Waals surface area contributed by atoms with Crippen molar-refractivity contribution in [1.82, 2.24) is 10.0 Å². The van der Waals surface area contributed by atoms with E-state index in [2.05, 4.69) is 33.7 Å². The van der Waals surface area contributed by atoms with Crippen LogP contribution in [-0.2, 0) is 10.0 Å². The summed E-state index contributed by atoms with van der Waals surface area (Å²) in [4.78, 5) is 14.5. The average molecular weight is 402 g/mol. The van der Waals surface area contributed by atoms with Crippen LogP contribution in [0.4, 0.5) is 5.69 Å². The summed E-state index contributed by atoms with van der Waals surface area (Å²) in [6.45, 7) is 5.05. The van der Waals surface area contributed by atoms with E-state index in [0.29, 0.717) is 12.1 Å². The highest BCUT2D eigenvalue weighted by atomic mass is 32.2. The molecule has 0 aliphatic heterocycles. The molecule has 0 saturated carbocycles. The van der Waals surface area contributed by atoms with Gasteiger partial charge in [-0.2, -0.15) is 0 Å². The van der Waals surface area contributed by atoms with Gasteiger partial charge < -0.3 is 10.2 Å². The van der Waals surface area contributed by atoms with Crippen molar-refractivity contribution < 1.29 is 13.2 Å². The van der Waals surface area contributed by atoms with E-state index < -0.39 is 10.0 Å². The van der Waals surface area contributed by atoms with Gasteiger partial charge >= 0.3 is 0 Å². The number of amides is 1. The molecule has 2 aromatic rings. The summed E-state index contributed by atoms with van der Waals surface area (Å²) in [6, 6.07) is 16.1. The van der Waals surface area contributed by atoms with E-state index in [4.69, 9.17) is 0 Å². The molecule has 0 aliphatic carbocycles. The number of sulfonamides is 1. The van der Waals surface area contributed by atoms with Crippen LogP contribution in [0.1, 0.15) is 23.2 Å². The van der Waals surface area contributed by atoms with Gasteiger partial charge in [-0.1, -0.05) is 30.3 Å². The second kappa shape index (κ2) is 10.6. The number of hydrogen-bond acceptors (Lipinski definition) is 4. The average Bonchev–Trinajstić information content (AvgIpc) is 2.72. The van der Waals surface area contributed by atoms with Crippen molar-refractivity contribution in [3.63, 3.8) is 0 Å². The molecule has 0 saturated heterocycles. The molecule has 0 aliphatic rings. The topological polar surface area (TPSA) is 78.5 Å². The molecule has 2 rings (SSSR count). The van der Waals surface area contributed by atoms with Gasteiger partial charge in [0.25, 0.3) is 5.91 Å². The van der Waals surface area contributed by atoms with Crippen LogP contribution in [0.15, 0.2) is 72.1 Å². The van der Waals surface area contributed by atoms with Gasteiger partial charge in [-0.25, -0.2) is 13.1 Å². The molecule has 0 heterocycles. The number of carbonyl (C=O) groups excluding carboxylic acids is 1. The monoisotopic (exact) mass is 401 g/mol. The first kappa shape index (κ1) is 21.7. The van der Waals surface area contributed by atoms with E-state index in [1.807, 2.05) is 25.2 Å². The van der Waals surface area contributed by atoms with Gasteiger partial charge in [0, 0.05) is 37.9 Å². The molecule has 0 fully saturated rings. The predicted octanol–water partition coefficient (Wildman–Crippen LogP) is 2.80. The Balaban J connectivity index is 1.80. The highest BCUT2D eigenvalue weighted by molar-refractivity contribution is 7.89. The fourth-order valence-corrected chi connectivity index (χ4v) is 3.69. The van der Waals surface area contributed by atoms with Gasteiger partial charge in [0.15, 0.2) is 0 Å². The van der Waals surface area contributed by atoms with Crippen LogP contribution in [0.3, 0.4) is 0 Å². The second-order valence-electron chi connectivity index (χ2n) is 6.39. The Bertz CT molecular complexity index is 883. The number of anilines is 1. The number of rotatable bonds is 11. The fourth-order valence-electron chi connectivity index (χ4n) is 2.65. The number of hydrogen-bond donors (Lipinski definition) is 2. The van der Waals surface area contributed by atoms with Crippen LogP contribution >= 0.6 is 0 Å². The molecule has 0 bridgehead atoms. The predicted molar refractivity (Wildman–Crippen MR) is 113 cm³/mol. The Labute approximate surface area is 167 Å². The Morgan fingerprint density at radius 2 is 1.86 bits per heavy atom. The van der Waals surface area contributed by atoms with Crippen molar-refractivity contribution in [2.75, 3.05) is 31.6 Å². The van der Waals surface area contributed by atoms with Crippen molar-refractivity contribution in [2.24, 2.45) is 0 Å². The third-order valence-electron chi connectivity index (χ3n) is 4.23. The van der Waals surface area contributed by atoms with E-state index in [-0.39, 0.29) is 17.3 Å². The Hall–Kier alpha value is -2.64. The first-order valence-corrected chi connectivity index (χ1v) is 10.7. The molecule has 2 N–H and O–H groups in total. The lowest BCUT2D eigenvalue weighted by Crippen LogP contribution is -2.27. The van der Waals surface area contributed by atoms with Crippen molar-refractivity contribution in [1.29, 1.82) is 0 Å². The molecule has 28 heavy (non-hydrogen) atoms. The van der Waals surface area contributed by atoms with Crippen LogP contribution in [0.5, 0.6) is 0 Å². The smallest absolute Gasteiger partial charge is 0.251 e. The van der Waals surface area contributed by atoms with Crippen molar-refractivity contribution in [2.45, 2.75) is 17.7 Å². The molecule has 6 nitrogen and oxygen atoms in total. The van der Waals surface area contributed by atoms with Crippen molar-refractivity contribution in [3.05, 3.63) is 72.8 Å².